The van der Waals surface area contributed by atoms with E-state index < -0.39 is 154 Å². The van der Waals surface area contributed by atoms with Crippen molar-refractivity contribution in [1.29, 1.82) is 0 Å². The second kappa shape index (κ2) is 17.8. The number of hydrogen-bond donors (Lipinski definition) is 13. The van der Waals surface area contributed by atoms with E-state index in [0.717, 1.165) is 0 Å². The van der Waals surface area contributed by atoms with Crippen molar-refractivity contribution in [2.24, 2.45) is 11.8 Å². The molecule has 20 nitrogen and oxygen atoms in total. The topological polar surface area (TPSA) is 328 Å². The highest BCUT2D eigenvalue weighted by molar-refractivity contribution is 4.99. The monoisotopic (exact) mass is 772 g/mol. The Morgan fingerprint density at radius 2 is 0.962 bits per heavy atom. The fourth-order valence-electron chi connectivity index (χ4n) is 8.49. The summed E-state index contributed by atoms with van der Waals surface area (Å²) in [5.74, 6) is -0.450. The van der Waals surface area contributed by atoms with Gasteiger partial charge in [0, 0.05) is 5.92 Å². The molecule has 21 atom stereocenters. The molecule has 4 saturated heterocycles. The molecule has 20 heteroatoms. The molecule has 0 spiro atoms. The SMILES string of the molecule is OC[C@@H]1O[C@@H](OC[C@@H]2O[C@@H](OC[C@@H]3O[C@H](OC4CC5C(O)CC(O)CC5OC4C4CCC(O)CC4)[C@@H](O)[C@@H](O)[C@H]3O)[C@H](O)[C@@H](O)[C@H]2O)[C@H](O)[C@@H](O)[C@H]1O. The first-order valence-electron chi connectivity index (χ1n) is 18.5. The zero-order valence-electron chi connectivity index (χ0n) is 29.0. The van der Waals surface area contributed by atoms with Crippen molar-refractivity contribution in [2.45, 2.75) is 174 Å². The van der Waals surface area contributed by atoms with Gasteiger partial charge in [0.15, 0.2) is 18.9 Å². The molecule has 0 aromatic carbocycles. The highest BCUT2D eigenvalue weighted by Gasteiger charge is 2.53. The van der Waals surface area contributed by atoms with Gasteiger partial charge >= 0.3 is 0 Å². The van der Waals surface area contributed by atoms with Gasteiger partial charge < -0.3 is 99.5 Å². The molecule has 53 heavy (non-hydrogen) atoms. The number of ether oxygens (including phenoxy) is 7. The highest BCUT2D eigenvalue weighted by Crippen LogP contribution is 2.43. The Morgan fingerprint density at radius 1 is 0.472 bits per heavy atom. The first kappa shape index (κ1) is 41.8. The summed E-state index contributed by atoms with van der Waals surface area (Å²) in [6.07, 6.45) is -25.4. The smallest absolute Gasteiger partial charge is 0.187 e. The van der Waals surface area contributed by atoms with Gasteiger partial charge in [-0.05, 0) is 50.9 Å². The van der Waals surface area contributed by atoms with Gasteiger partial charge in [0.2, 0.25) is 0 Å². The van der Waals surface area contributed by atoms with Gasteiger partial charge in [-0.3, -0.25) is 0 Å². The van der Waals surface area contributed by atoms with Gasteiger partial charge in [-0.2, -0.15) is 0 Å². The summed E-state index contributed by atoms with van der Waals surface area (Å²) in [7, 11) is 0. The van der Waals surface area contributed by atoms with Crippen LogP contribution in [0.5, 0.6) is 0 Å². The Balaban J connectivity index is 1.09. The molecule has 6 aliphatic rings. The van der Waals surface area contributed by atoms with Crippen LogP contribution in [0, 0.1) is 11.8 Å². The summed E-state index contributed by atoms with van der Waals surface area (Å²) >= 11 is 0. The van der Waals surface area contributed by atoms with Crippen molar-refractivity contribution >= 4 is 0 Å². The van der Waals surface area contributed by atoms with E-state index in [1.807, 2.05) is 0 Å². The van der Waals surface area contributed by atoms with E-state index in [-0.39, 0.29) is 18.8 Å². The van der Waals surface area contributed by atoms with E-state index in [2.05, 4.69) is 0 Å². The molecule has 13 N–H and O–H groups in total. The third kappa shape index (κ3) is 9.02. The zero-order chi connectivity index (χ0) is 38.3. The van der Waals surface area contributed by atoms with Crippen molar-refractivity contribution < 1.29 is 99.5 Å². The average Bonchev–Trinajstić information content (AvgIpc) is 3.13. The van der Waals surface area contributed by atoms with E-state index in [9.17, 15) is 66.4 Å². The Morgan fingerprint density at radius 3 is 1.51 bits per heavy atom. The number of aliphatic hydroxyl groups excluding tert-OH is 13. The fraction of sp³-hybridized carbons (Fsp3) is 1.00. The van der Waals surface area contributed by atoms with Crippen molar-refractivity contribution in [3.63, 3.8) is 0 Å². The maximum absolute atomic E-state index is 10.9. The molecule has 0 radical (unpaired) electrons. The Labute approximate surface area is 305 Å². The molecule has 6 rings (SSSR count). The van der Waals surface area contributed by atoms with Crippen LogP contribution < -0.4 is 0 Å². The lowest BCUT2D eigenvalue weighted by atomic mass is 9.73. The molecule has 308 valence electrons. The Bertz CT molecular complexity index is 1150. The van der Waals surface area contributed by atoms with Gasteiger partial charge in [-0.1, -0.05) is 0 Å². The molecule has 2 aliphatic carbocycles. The molecule has 0 bridgehead atoms. The minimum Gasteiger partial charge on any atom is -0.394 e. The molecular weight excluding hydrogens is 716 g/mol. The van der Waals surface area contributed by atoms with Crippen molar-refractivity contribution in [1.82, 2.24) is 0 Å². The number of rotatable bonds is 10. The largest absolute Gasteiger partial charge is 0.394 e. The molecule has 2 saturated carbocycles. The van der Waals surface area contributed by atoms with E-state index in [1.54, 1.807) is 0 Å². The standard InChI is InChI=1S/C33H56O20/c34-8-18-21(38)24(41)27(44)31(51-18)47-9-19-22(39)25(42)28(45)32(52-19)48-10-20-23(40)26(43)29(46)33(53-20)50-17-7-14-15(37)5-13(36)6-16(14)49-30(17)11-1-3-12(35)4-2-11/h11-46H,1-10H2/t11?,12?,13?,14?,15?,16?,17?,18-,19-,20-,21-,22-,23-,24-,25-,26-,27+,28+,29-,30?,31+,32+,33-/m0/s1. The molecule has 0 aromatic heterocycles. The maximum atomic E-state index is 10.9. The quantitative estimate of drug-likeness (QED) is 0.0982. The normalized spacial score (nSPS) is 53.9. The summed E-state index contributed by atoms with van der Waals surface area (Å²) in [6.45, 7) is -1.91. The minimum absolute atomic E-state index is 0.0553. The molecule has 4 aliphatic heterocycles. The molecule has 6 unspecified atom stereocenters. The van der Waals surface area contributed by atoms with Crippen LogP contribution in [0.15, 0.2) is 0 Å². The highest BCUT2D eigenvalue weighted by atomic mass is 16.7. The van der Waals surface area contributed by atoms with E-state index >= 15 is 0 Å². The third-order valence-corrected chi connectivity index (χ3v) is 11.7. The number of fused-ring (bicyclic) bond motifs is 1. The van der Waals surface area contributed by atoms with Crippen LogP contribution >= 0.6 is 0 Å². The van der Waals surface area contributed by atoms with Crippen molar-refractivity contribution in [2.75, 3.05) is 19.8 Å². The maximum Gasteiger partial charge on any atom is 0.187 e. The van der Waals surface area contributed by atoms with E-state index in [0.29, 0.717) is 32.1 Å². The minimum atomic E-state index is -1.85. The van der Waals surface area contributed by atoms with Crippen LogP contribution in [0.4, 0.5) is 0 Å². The van der Waals surface area contributed by atoms with E-state index in [4.69, 9.17) is 33.2 Å². The third-order valence-electron chi connectivity index (χ3n) is 11.7. The number of hydrogen-bond acceptors (Lipinski definition) is 20. The molecule has 0 aromatic rings. The van der Waals surface area contributed by atoms with Crippen LogP contribution in [0.3, 0.4) is 0 Å². The summed E-state index contributed by atoms with van der Waals surface area (Å²) in [6, 6.07) is 0. The van der Waals surface area contributed by atoms with Crippen LogP contribution in [0.2, 0.25) is 0 Å². The summed E-state index contributed by atoms with van der Waals surface area (Å²) in [4.78, 5) is 0. The predicted molar refractivity (Wildman–Crippen MR) is 170 cm³/mol. The van der Waals surface area contributed by atoms with Gasteiger partial charge in [-0.25, -0.2) is 0 Å². The number of aliphatic hydroxyl groups is 13. The lowest BCUT2D eigenvalue weighted by Crippen LogP contribution is -2.63. The summed E-state index contributed by atoms with van der Waals surface area (Å²) in [5.41, 5.74) is 0. The molecule has 4 heterocycles. The zero-order valence-corrected chi connectivity index (χ0v) is 29.0. The molecule has 6 fully saturated rings. The summed E-state index contributed by atoms with van der Waals surface area (Å²) in [5, 5.41) is 135. The van der Waals surface area contributed by atoms with Gasteiger partial charge in [0.1, 0.15) is 73.2 Å². The van der Waals surface area contributed by atoms with Crippen molar-refractivity contribution in [3.8, 4) is 0 Å². The van der Waals surface area contributed by atoms with Gasteiger partial charge in [-0.15, -0.1) is 0 Å². The lowest BCUT2D eigenvalue weighted by molar-refractivity contribution is -0.351. The first-order valence-corrected chi connectivity index (χ1v) is 18.5. The molecular formula is C33H56O20. The Hall–Kier alpha value is -0.800. The van der Waals surface area contributed by atoms with Crippen LogP contribution in [0.1, 0.15) is 44.9 Å². The van der Waals surface area contributed by atoms with Crippen molar-refractivity contribution in [3.05, 3.63) is 0 Å². The first-order chi connectivity index (χ1) is 25.2. The fourth-order valence-corrected chi connectivity index (χ4v) is 8.49. The van der Waals surface area contributed by atoms with Gasteiger partial charge in [0.05, 0.1) is 56.4 Å². The second-order valence-corrected chi connectivity index (χ2v) is 15.4. The van der Waals surface area contributed by atoms with Gasteiger partial charge in [0.25, 0.3) is 0 Å². The lowest BCUT2D eigenvalue weighted by Gasteiger charge is -2.51. The Kier molecular flexibility index (Phi) is 14.0. The molecule has 0 amide bonds. The second-order valence-electron chi connectivity index (χ2n) is 15.4. The predicted octanol–water partition coefficient (Wildman–Crippen LogP) is -6.34. The van der Waals surface area contributed by atoms with Crippen LogP contribution in [-0.4, -0.2) is 215 Å². The van der Waals surface area contributed by atoms with Crippen LogP contribution in [0.25, 0.3) is 0 Å². The summed E-state index contributed by atoms with van der Waals surface area (Å²) < 4.78 is 40.7. The average molecular weight is 773 g/mol. The van der Waals surface area contributed by atoms with E-state index in [1.165, 1.54) is 0 Å². The van der Waals surface area contributed by atoms with Crippen LogP contribution in [-0.2, 0) is 33.2 Å².